The van der Waals surface area contributed by atoms with Gasteiger partial charge in [-0.1, -0.05) is 78.3 Å². The van der Waals surface area contributed by atoms with Gasteiger partial charge >= 0.3 is 16.9 Å². The van der Waals surface area contributed by atoms with Crippen molar-refractivity contribution < 1.29 is 101 Å². The number of hydrogen-bond donors (Lipinski definition) is 8. The van der Waals surface area contributed by atoms with Crippen molar-refractivity contribution in [2.45, 2.75) is 234 Å². The van der Waals surface area contributed by atoms with Gasteiger partial charge in [0.1, 0.15) is 61.0 Å². The maximum Gasteiger partial charge on any atom is 0.414 e. The summed E-state index contributed by atoms with van der Waals surface area (Å²) in [6, 6.07) is 7.47. The SMILES string of the molecule is C[C@@H]1O[C@@H](O[C@H]2[C@H](O[C@H]3CC[C@]4(C)[C@H]5CC=C6[C@@H]7CC(C)(C)CC[C@]7(C(=O)OCCCCOc7no[n+]([O-])c7S(=O)(=O)c7ccccc7)CC[C@@]6(C)[C@]5(C)CC[C@H]4C3(C)C)OC[C@H](O[C@@H]3O[C@H](CO)[C@@H](O)[C@H](O)[C@H]3O)[C@@H]2O)[C@H](O)[C@H](O)[C@H]1O. The fourth-order valence-corrected chi connectivity index (χ4v) is 18.0. The van der Waals surface area contributed by atoms with Gasteiger partial charge in [-0.15, -0.1) is 0 Å². The van der Waals surface area contributed by atoms with Gasteiger partial charge in [-0.05, 0) is 146 Å². The Kier molecular flexibility index (Phi) is 17.5. The molecule has 0 amide bonds. The van der Waals surface area contributed by atoms with Gasteiger partial charge < -0.3 is 84.0 Å². The summed E-state index contributed by atoms with van der Waals surface area (Å²) < 4.78 is 80.0. The van der Waals surface area contributed by atoms with E-state index in [1.165, 1.54) is 24.6 Å². The molecule has 4 heterocycles. The molecule has 3 aliphatic heterocycles. The molecule has 1 aromatic carbocycles. The number of aliphatic hydroxyl groups is 8. The highest BCUT2D eigenvalue weighted by Gasteiger charge is 2.70. The molecule has 466 valence electrons. The molecule has 0 unspecified atom stereocenters. The number of sulfone groups is 1. The predicted molar refractivity (Wildman–Crippen MR) is 289 cm³/mol. The fourth-order valence-electron chi connectivity index (χ4n) is 16.7. The topological polar surface area (TPSA) is 340 Å². The number of unbranched alkanes of at least 4 members (excludes halogenated alkanes) is 1. The number of allylic oxidation sites excluding steroid dienone is 2. The average molecular weight is 1190 g/mol. The Hall–Kier alpha value is -3.44. The van der Waals surface area contributed by atoms with Gasteiger partial charge in [0.2, 0.25) is 0 Å². The zero-order valence-corrected chi connectivity index (χ0v) is 49.7. The fraction of sp³-hybridized carbons (Fsp3) is 0.814. The first kappa shape index (κ1) is 62.6. The number of fused-ring (bicyclic) bond motifs is 7. The molecule has 23 nitrogen and oxygen atoms in total. The standard InChI is InChI=1S/C59H88N2O21S/c1-31-40(63)43(66)45(68)50(77-31)81-47-42(65)36(79-51-46(69)44(67)41(64)35(29-62)78-51)30-76-52(47)80-39-19-20-56(6)37(55(39,4)5)18-21-58(8)38(56)17-16-33-34-28-54(2,3)22-24-59(34,25-23-57(33,58)7)53(70)75-27-13-12-26-74-48-49(61(71)82-60-48)83(72,73)32-14-10-9-11-15-32/h9-11,14-16,31,34-47,50-52,62-69H,12-13,17-30H2,1-8H3/t31-,34-,35+,36-,37-,38+,39-,40-,41+,42-,43+,44-,45+,46+,47+,50-,51-,52-,56-,57+,58+,59-/m0/s1. The lowest BCUT2D eigenvalue weighted by atomic mass is 9.33. The molecule has 2 aromatic rings. The Labute approximate surface area is 485 Å². The number of rotatable bonds is 16. The molecule has 10 rings (SSSR count). The number of nitrogens with zero attached hydrogens (tertiary/aromatic N) is 2. The third-order valence-corrected chi connectivity index (χ3v) is 23.5. The highest BCUT2D eigenvalue weighted by molar-refractivity contribution is 7.91. The number of ether oxygens (including phenoxy) is 8. The number of benzene rings is 1. The molecule has 8 N–H and O–H groups in total. The minimum absolute atomic E-state index is 0.00331. The molecule has 8 aliphatic rings. The normalized spacial score (nSPS) is 44.0. The second kappa shape index (κ2) is 23.3. The highest BCUT2D eigenvalue weighted by Crippen LogP contribution is 2.76. The molecule has 22 atom stereocenters. The Morgan fingerprint density at radius 3 is 2.14 bits per heavy atom. The quantitative estimate of drug-likeness (QED) is 0.0393. The second-order valence-corrected chi connectivity index (χ2v) is 29.1. The first-order valence-electron chi connectivity index (χ1n) is 29.7. The van der Waals surface area contributed by atoms with Crippen molar-refractivity contribution in [1.82, 2.24) is 5.16 Å². The number of aliphatic hydroxyl groups excluding tert-OH is 8. The molecular weight excluding hydrogens is 1100 g/mol. The van der Waals surface area contributed by atoms with E-state index in [0.717, 1.165) is 44.9 Å². The minimum atomic E-state index is -4.28. The summed E-state index contributed by atoms with van der Waals surface area (Å²) in [7, 11) is -4.28. The summed E-state index contributed by atoms with van der Waals surface area (Å²) in [6.07, 6.45) is -10.1. The molecule has 4 saturated carbocycles. The van der Waals surface area contributed by atoms with Crippen molar-refractivity contribution in [2.24, 2.45) is 50.2 Å². The van der Waals surface area contributed by atoms with E-state index in [2.05, 4.69) is 64.3 Å². The molecule has 1 aromatic heterocycles. The second-order valence-electron chi connectivity index (χ2n) is 27.3. The van der Waals surface area contributed by atoms with Crippen LogP contribution in [0.15, 0.2) is 56.5 Å². The average Bonchev–Trinajstić information content (AvgIpc) is 1.06. The number of hydrogen-bond acceptors (Lipinski definition) is 22. The van der Waals surface area contributed by atoms with E-state index in [1.807, 2.05) is 0 Å². The molecular formula is C59H88N2O21S. The molecule has 5 aliphatic carbocycles. The van der Waals surface area contributed by atoms with Crippen molar-refractivity contribution in [3.63, 3.8) is 0 Å². The minimum Gasteiger partial charge on any atom is -0.465 e. The summed E-state index contributed by atoms with van der Waals surface area (Å²) >= 11 is 0. The number of carbonyl (C=O) groups is 1. The van der Waals surface area contributed by atoms with Crippen molar-refractivity contribution in [3.05, 3.63) is 47.2 Å². The van der Waals surface area contributed by atoms with Crippen LogP contribution in [0.1, 0.15) is 132 Å². The largest absolute Gasteiger partial charge is 0.465 e. The van der Waals surface area contributed by atoms with E-state index in [1.54, 1.807) is 18.2 Å². The lowest BCUT2D eigenvalue weighted by Gasteiger charge is -2.71. The number of carbonyl (C=O) groups excluding carboxylic acids is 1. The summed E-state index contributed by atoms with van der Waals surface area (Å²) in [5.74, 6) is -0.185. The Morgan fingerprint density at radius 2 is 1.43 bits per heavy atom. The molecule has 0 radical (unpaired) electrons. The summed E-state index contributed by atoms with van der Waals surface area (Å²) in [5.41, 5.74) is -0.271. The zero-order valence-electron chi connectivity index (χ0n) is 48.9. The molecule has 83 heavy (non-hydrogen) atoms. The van der Waals surface area contributed by atoms with Gasteiger partial charge in [0, 0.05) is 0 Å². The van der Waals surface area contributed by atoms with Crippen LogP contribution in [0, 0.1) is 55.5 Å². The van der Waals surface area contributed by atoms with Crippen LogP contribution in [0.3, 0.4) is 0 Å². The predicted octanol–water partition coefficient (Wildman–Crippen LogP) is 3.14. The van der Waals surface area contributed by atoms with Gasteiger partial charge in [0.15, 0.2) is 18.9 Å². The lowest BCUT2D eigenvalue weighted by Crippen LogP contribution is -2.66. The van der Waals surface area contributed by atoms with Crippen LogP contribution in [0.2, 0.25) is 0 Å². The molecule has 0 bridgehead atoms. The molecule has 0 spiro atoms. The van der Waals surface area contributed by atoms with E-state index in [0.29, 0.717) is 32.1 Å². The Balaban J connectivity index is 0.824. The van der Waals surface area contributed by atoms with Crippen LogP contribution in [0.5, 0.6) is 5.88 Å². The van der Waals surface area contributed by atoms with E-state index in [4.69, 9.17) is 37.9 Å². The van der Waals surface area contributed by atoms with E-state index in [9.17, 15) is 59.3 Å². The van der Waals surface area contributed by atoms with Crippen molar-refractivity contribution >= 4 is 15.8 Å². The highest BCUT2D eigenvalue weighted by atomic mass is 32.2. The van der Waals surface area contributed by atoms with E-state index >= 15 is 0 Å². The first-order valence-corrected chi connectivity index (χ1v) is 31.2. The number of esters is 1. The van der Waals surface area contributed by atoms with Gasteiger partial charge in [-0.3, -0.25) is 9.42 Å². The van der Waals surface area contributed by atoms with Crippen LogP contribution in [0.25, 0.3) is 0 Å². The summed E-state index contributed by atoms with van der Waals surface area (Å²) in [5, 5.41) is 101. The summed E-state index contributed by atoms with van der Waals surface area (Å²) in [6.45, 7) is 17.0. The Morgan fingerprint density at radius 1 is 0.759 bits per heavy atom. The maximum absolute atomic E-state index is 14.7. The molecule has 24 heteroatoms. The van der Waals surface area contributed by atoms with Crippen LogP contribution in [0.4, 0.5) is 0 Å². The first-order chi connectivity index (χ1) is 39.1. The molecule has 7 fully saturated rings. The smallest absolute Gasteiger partial charge is 0.414 e. The maximum atomic E-state index is 14.7. The van der Waals surface area contributed by atoms with Crippen LogP contribution in [-0.4, -0.2) is 179 Å². The zero-order chi connectivity index (χ0) is 60.0. The van der Waals surface area contributed by atoms with Crippen LogP contribution in [-0.2, 0) is 47.8 Å². The van der Waals surface area contributed by atoms with E-state index in [-0.39, 0.29) is 75.0 Å². The van der Waals surface area contributed by atoms with Crippen molar-refractivity contribution in [3.8, 4) is 5.88 Å². The van der Waals surface area contributed by atoms with E-state index < -0.39 is 130 Å². The van der Waals surface area contributed by atoms with Crippen LogP contribution >= 0.6 is 0 Å². The third kappa shape index (κ3) is 10.8. The van der Waals surface area contributed by atoms with Gasteiger partial charge in [0.25, 0.3) is 9.84 Å². The summed E-state index contributed by atoms with van der Waals surface area (Å²) in [4.78, 5) is 14.5. The van der Waals surface area contributed by atoms with Crippen molar-refractivity contribution in [1.29, 1.82) is 0 Å². The van der Waals surface area contributed by atoms with Gasteiger partial charge in [0.05, 0.1) is 54.1 Å². The Bertz CT molecular complexity index is 2760. The van der Waals surface area contributed by atoms with Crippen LogP contribution < -0.4 is 9.64 Å². The van der Waals surface area contributed by atoms with Crippen molar-refractivity contribution in [2.75, 3.05) is 26.4 Å². The lowest BCUT2D eigenvalue weighted by molar-refractivity contribution is -0.832. The number of aromatic nitrogens is 2. The van der Waals surface area contributed by atoms with Gasteiger partial charge in [-0.2, -0.15) is 0 Å². The molecule has 3 saturated heterocycles. The monoisotopic (exact) mass is 1190 g/mol. The van der Waals surface area contributed by atoms with Gasteiger partial charge in [-0.25, -0.2) is 8.42 Å². The third-order valence-electron chi connectivity index (χ3n) is 21.8.